The molecule has 0 fully saturated rings. The number of hydrogen-bond donors (Lipinski definition) is 0. The second-order valence-electron chi connectivity index (χ2n) is 5.21. The number of esters is 1. The van der Waals surface area contributed by atoms with Gasteiger partial charge in [0.1, 0.15) is 12.1 Å². The maximum atomic E-state index is 11.6. The number of ether oxygens (including phenoxy) is 1. The SMILES string of the molecule is CC(C)(C)OC(=O)CN(CCOS(C)(=O)=O)S(C)(=O)=O. The van der Waals surface area contributed by atoms with Crippen LogP contribution in [-0.4, -0.2) is 64.9 Å². The van der Waals surface area contributed by atoms with Gasteiger partial charge < -0.3 is 4.74 Å². The summed E-state index contributed by atoms with van der Waals surface area (Å²) in [4.78, 5) is 11.6. The van der Waals surface area contributed by atoms with Crippen LogP contribution < -0.4 is 0 Å². The first kappa shape index (κ1) is 19.3. The monoisotopic (exact) mass is 331 g/mol. The third kappa shape index (κ3) is 10.1. The molecule has 0 radical (unpaired) electrons. The van der Waals surface area contributed by atoms with Crippen LogP contribution in [0.1, 0.15) is 20.8 Å². The number of nitrogens with zero attached hydrogens (tertiary/aromatic N) is 1. The van der Waals surface area contributed by atoms with Crippen molar-refractivity contribution in [2.75, 3.05) is 32.2 Å². The molecule has 8 nitrogen and oxygen atoms in total. The molecule has 0 aromatic rings. The predicted molar refractivity (Wildman–Crippen MR) is 73.1 cm³/mol. The third-order valence-corrected chi connectivity index (χ3v) is 3.68. The zero-order chi connectivity index (χ0) is 16.2. The average Bonchev–Trinajstić information content (AvgIpc) is 2.09. The lowest BCUT2D eigenvalue weighted by Crippen LogP contribution is -2.40. The van der Waals surface area contributed by atoms with Crippen molar-refractivity contribution in [1.82, 2.24) is 4.31 Å². The van der Waals surface area contributed by atoms with Crippen molar-refractivity contribution in [3.05, 3.63) is 0 Å². The fourth-order valence-corrected chi connectivity index (χ4v) is 2.29. The fourth-order valence-electron chi connectivity index (χ4n) is 1.17. The van der Waals surface area contributed by atoms with Crippen LogP contribution in [0.15, 0.2) is 0 Å². The molecule has 0 saturated carbocycles. The van der Waals surface area contributed by atoms with Gasteiger partial charge in [-0.05, 0) is 20.8 Å². The largest absolute Gasteiger partial charge is 0.459 e. The predicted octanol–water partition coefficient (Wildman–Crippen LogP) is -0.434. The van der Waals surface area contributed by atoms with Gasteiger partial charge in [0.15, 0.2) is 0 Å². The summed E-state index contributed by atoms with van der Waals surface area (Å²) in [5.74, 6) is -0.720. The molecule has 0 atom stereocenters. The summed E-state index contributed by atoms with van der Waals surface area (Å²) in [7, 11) is -7.34. The Kier molecular flexibility index (Phi) is 6.59. The van der Waals surface area contributed by atoms with Crippen molar-refractivity contribution in [2.24, 2.45) is 0 Å². The molecule has 0 rings (SSSR count). The minimum atomic E-state index is -3.68. The number of carbonyl (C=O) groups is 1. The highest BCUT2D eigenvalue weighted by Gasteiger charge is 2.24. The maximum absolute atomic E-state index is 11.6. The maximum Gasteiger partial charge on any atom is 0.321 e. The van der Waals surface area contributed by atoms with E-state index in [1.165, 1.54) is 0 Å². The minimum Gasteiger partial charge on any atom is -0.459 e. The van der Waals surface area contributed by atoms with Gasteiger partial charge in [-0.2, -0.15) is 12.7 Å². The van der Waals surface area contributed by atoms with E-state index in [9.17, 15) is 21.6 Å². The topological polar surface area (TPSA) is 107 Å². The smallest absolute Gasteiger partial charge is 0.321 e. The lowest BCUT2D eigenvalue weighted by atomic mass is 10.2. The molecule has 0 spiro atoms. The van der Waals surface area contributed by atoms with Crippen molar-refractivity contribution in [3.63, 3.8) is 0 Å². The molecule has 0 aromatic carbocycles. The first-order valence-electron chi connectivity index (χ1n) is 5.72. The summed E-state index contributed by atoms with van der Waals surface area (Å²) >= 11 is 0. The molecule has 0 saturated heterocycles. The van der Waals surface area contributed by atoms with E-state index in [1.54, 1.807) is 20.8 Å². The summed E-state index contributed by atoms with van der Waals surface area (Å²) in [5, 5.41) is 0. The van der Waals surface area contributed by atoms with E-state index in [0.29, 0.717) is 0 Å². The fraction of sp³-hybridized carbons (Fsp3) is 0.900. The Morgan fingerprint density at radius 3 is 1.95 bits per heavy atom. The second-order valence-corrected chi connectivity index (χ2v) is 8.84. The van der Waals surface area contributed by atoms with Crippen molar-refractivity contribution in [2.45, 2.75) is 26.4 Å². The lowest BCUT2D eigenvalue weighted by molar-refractivity contribution is -0.155. The molecule has 0 aliphatic heterocycles. The molecule has 10 heteroatoms. The number of carbonyl (C=O) groups excluding carboxylic acids is 1. The molecule has 20 heavy (non-hydrogen) atoms. The van der Waals surface area contributed by atoms with Crippen LogP contribution in [0.5, 0.6) is 0 Å². The van der Waals surface area contributed by atoms with E-state index < -0.39 is 38.3 Å². The van der Waals surface area contributed by atoms with Crippen LogP contribution in [0, 0.1) is 0 Å². The summed E-state index contributed by atoms with van der Waals surface area (Å²) in [6.45, 7) is 3.84. The summed E-state index contributed by atoms with van der Waals surface area (Å²) in [6.07, 6.45) is 1.77. The van der Waals surface area contributed by atoms with Crippen LogP contribution in [-0.2, 0) is 33.9 Å². The molecular formula is C10H21NO7S2. The van der Waals surface area contributed by atoms with E-state index in [0.717, 1.165) is 16.8 Å². The summed E-state index contributed by atoms with van der Waals surface area (Å²) in [6, 6.07) is 0. The zero-order valence-corrected chi connectivity index (χ0v) is 13.9. The molecule has 0 heterocycles. The van der Waals surface area contributed by atoms with Crippen molar-refractivity contribution in [3.8, 4) is 0 Å². The van der Waals surface area contributed by atoms with Gasteiger partial charge in [0.05, 0.1) is 19.1 Å². The van der Waals surface area contributed by atoms with E-state index in [4.69, 9.17) is 4.74 Å². The lowest BCUT2D eigenvalue weighted by Gasteiger charge is -2.23. The molecule has 0 N–H and O–H groups in total. The standard InChI is InChI=1S/C10H21NO7S2/c1-10(2,3)18-9(12)8-11(19(4,13)14)6-7-17-20(5,15)16/h6-8H2,1-5H3. The number of rotatable bonds is 7. The number of hydrogen-bond acceptors (Lipinski definition) is 7. The normalized spacial score (nSPS) is 13.5. The van der Waals surface area contributed by atoms with Crippen LogP contribution >= 0.6 is 0 Å². The first-order chi connectivity index (χ1) is 8.71. The van der Waals surface area contributed by atoms with Crippen molar-refractivity contribution < 1.29 is 30.6 Å². The molecular weight excluding hydrogens is 310 g/mol. The van der Waals surface area contributed by atoms with Gasteiger partial charge in [0, 0.05) is 6.54 Å². The van der Waals surface area contributed by atoms with E-state index in [-0.39, 0.29) is 13.2 Å². The van der Waals surface area contributed by atoms with Gasteiger partial charge in [-0.1, -0.05) is 0 Å². The Labute approximate surface area is 120 Å². The van der Waals surface area contributed by atoms with Gasteiger partial charge in [0.25, 0.3) is 10.1 Å². The second kappa shape index (κ2) is 6.83. The third-order valence-electron chi connectivity index (χ3n) is 1.83. The first-order valence-corrected chi connectivity index (χ1v) is 9.38. The summed E-state index contributed by atoms with van der Waals surface area (Å²) in [5.41, 5.74) is -0.733. The Bertz CT molecular complexity index is 530. The molecule has 0 aliphatic carbocycles. The van der Waals surface area contributed by atoms with Crippen LogP contribution in [0.2, 0.25) is 0 Å². The molecule has 0 aromatic heterocycles. The van der Waals surface area contributed by atoms with Crippen LogP contribution in [0.3, 0.4) is 0 Å². The highest BCUT2D eigenvalue weighted by Crippen LogP contribution is 2.08. The van der Waals surface area contributed by atoms with Gasteiger partial charge >= 0.3 is 5.97 Å². The van der Waals surface area contributed by atoms with Crippen LogP contribution in [0.4, 0.5) is 0 Å². The van der Waals surface area contributed by atoms with E-state index in [2.05, 4.69) is 4.18 Å². The van der Waals surface area contributed by atoms with Gasteiger partial charge in [-0.15, -0.1) is 0 Å². The van der Waals surface area contributed by atoms with E-state index >= 15 is 0 Å². The Hall–Kier alpha value is -0.710. The molecule has 0 amide bonds. The van der Waals surface area contributed by atoms with Gasteiger partial charge in [0.2, 0.25) is 10.0 Å². The Balaban J connectivity index is 4.65. The number of sulfonamides is 1. The molecule has 0 aliphatic rings. The summed E-state index contributed by atoms with van der Waals surface area (Å²) < 4.78 is 54.8. The van der Waals surface area contributed by atoms with Crippen molar-refractivity contribution >= 4 is 26.1 Å². The van der Waals surface area contributed by atoms with Gasteiger partial charge in [-0.25, -0.2) is 8.42 Å². The molecule has 0 unspecified atom stereocenters. The van der Waals surface area contributed by atoms with E-state index in [1.807, 2.05) is 0 Å². The molecule has 0 bridgehead atoms. The molecule has 120 valence electrons. The highest BCUT2D eigenvalue weighted by atomic mass is 32.2. The Morgan fingerprint density at radius 2 is 1.60 bits per heavy atom. The quantitative estimate of drug-likeness (QED) is 0.460. The highest BCUT2D eigenvalue weighted by molar-refractivity contribution is 7.88. The zero-order valence-electron chi connectivity index (χ0n) is 12.2. The van der Waals surface area contributed by atoms with Gasteiger partial charge in [-0.3, -0.25) is 8.98 Å². The average molecular weight is 331 g/mol. The van der Waals surface area contributed by atoms with Crippen LogP contribution in [0.25, 0.3) is 0 Å². The minimum absolute atomic E-state index is 0.259. The Morgan fingerprint density at radius 1 is 1.10 bits per heavy atom. The van der Waals surface area contributed by atoms with Crippen molar-refractivity contribution in [1.29, 1.82) is 0 Å².